The predicted octanol–water partition coefficient (Wildman–Crippen LogP) is 4.68. The molecule has 3 rings (SSSR count). The average molecular weight is 492 g/mol. The summed E-state index contributed by atoms with van der Waals surface area (Å²) in [7, 11) is 1.72. The summed E-state index contributed by atoms with van der Waals surface area (Å²) in [6, 6.07) is 9.57. The van der Waals surface area contributed by atoms with E-state index in [9.17, 15) is 9.18 Å². The minimum atomic E-state index is -0.592. The first-order chi connectivity index (χ1) is 15.0. The summed E-state index contributed by atoms with van der Waals surface area (Å²) in [6.45, 7) is 5.02. The van der Waals surface area contributed by atoms with Crippen LogP contribution in [0.3, 0.4) is 0 Å². The zero-order valence-corrected chi connectivity index (χ0v) is 19.8. The van der Waals surface area contributed by atoms with Crippen molar-refractivity contribution in [1.29, 1.82) is 0 Å². The third kappa shape index (κ3) is 6.43. The first-order valence-electron chi connectivity index (χ1n) is 10.7. The number of rotatable bonds is 10. The van der Waals surface area contributed by atoms with Crippen molar-refractivity contribution in [1.82, 2.24) is 10.2 Å². The maximum absolute atomic E-state index is 12.5. The predicted molar refractivity (Wildman–Crippen MR) is 124 cm³/mol. The van der Waals surface area contributed by atoms with Gasteiger partial charge in [-0.15, -0.1) is 0 Å². The van der Waals surface area contributed by atoms with Gasteiger partial charge in [-0.2, -0.15) is 0 Å². The van der Waals surface area contributed by atoms with Gasteiger partial charge in [0.1, 0.15) is 24.8 Å². The van der Waals surface area contributed by atoms with Gasteiger partial charge in [0, 0.05) is 24.1 Å². The van der Waals surface area contributed by atoms with Crippen molar-refractivity contribution in [2.24, 2.45) is 0 Å². The lowest BCUT2D eigenvalue weighted by Gasteiger charge is -2.29. The molecule has 0 aromatic heterocycles. The summed E-state index contributed by atoms with van der Waals surface area (Å²) in [5.74, 6) is 1.16. The number of nitrogens with one attached hydrogen (secondary N) is 1. The van der Waals surface area contributed by atoms with Crippen molar-refractivity contribution in [2.75, 3.05) is 40.0 Å². The molecule has 0 saturated carbocycles. The maximum atomic E-state index is 12.5. The summed E-state index contributed by atoms with van der Waals surface area (Å²) in [4.78, 5) is 15.0. The first kappa shape index (κ1) is 23.5. The van der Waals surface area contributed by atoms with E-state index >= 15 is 0 Å². The van der Waals surface area contributed by atoms with Gasteiger partial charge in [-0.25, -0.2) is 4.39 Å². The third-order valence-corrected chi connectivity index (χ3v) is 6.01. The van der Waals surface area contributed by atoms with Gasteiger partial charge in [-0.1, -0.05) is 22.0 Å². The number of aryl methyl sites for hydroxylation is 1. The highest BCUT2D eigenvalue weighted by molar-refractivity contribution is 9.10. The number of alkyl halides is 1. The second-order valence-electron chi connectivity index (χ2n) is 7.76. The van der Waals surface area contributed by atoms with Crippen molar-refractivity contribution in [2.45, 2.75) is 32.7 Å². The van der Waals surface area contributed by atoms with Crippen LogP contribution in [0.4, 0.5) is 4.39 Å². The molecule has 1 heterocycles. The van der Waals surface area contributed by atoms with E-state index in [1.54, 1.807) is 25.3 Å². The highest BCUT2D eigenvalue weighted by atomic mass is 79.9. The molecule has 1 N–H and O–H groups in total. The second-order valence-corrected chi connectivity index (χ2v) is 8.67. The van der Waals surface area contributed by atoms with Crippen LogP contribution in [0.25, 0.3) is 0 Å². The number of carbonyl (C=O) groups excluding carboxylic acids is 1. The third-order valence-electron chi connectivity index (χ3n) is 5.52. The summed E-state index contributed by atoms with van der Waals surface area (Å²) >= 11 is 3.37. The molecule has 2 aromatic rings. The zero-order valence-electron chi connectivity index (χ0n) is 18.2. The molecule has 0 saturated heterocycles. The van der Waals surface area contributed by atoms with Crippen molar-refractivity contribution >= 4 is 21.8 Å². The van der Waals surface area contributed by atoms with Gasteiger partial charge >= 0.3 is 0 Å². The fraction of sp³-hybridized carbons (Fsp3) is 0.458. The van der Waals surface area contributed by atoms with Crippen LogP contribution in [0, 0.1) is 6.92 Å². The smallest absolute Gasteiger partial charge is 0.255 e. The van der Waals surface area contributed by atoms with Crippen LogP contribution in [0.5, 0.6) is 11.5 Å². The maximum Gasteiger partial charge on any atom is 0.255 e. The van der Waals surface area contributed by atoms with Crippen LogP contribution in [0.2, 0.25) is 0 Å². The zero-order chi connectivity index (χ0) is 22.2. The number of amides is 1. The van der Waals surface area contributed by atoms with Crippen molar-refractivity contribution < 1.29 is 18.7 Å². The van der Waals surface area contributed by atoms with E-state index in [0.29, 0.717) is 17.9 Å². The molecule has 168 valence electrons. The highest BCUT2D eigenvalue weighted by Crippen LogP contribution is 2.27. The Morgan fingerprint density at radius 1 is 1.19 bits per heavy atom. The quantitative estimate of drug-likeness (QED) is 0.490. The monoisotopic (exact) mass is 491 g/mol. The lowest BCUT2D eigenvalue weighted by molar-refractivity contribution is 0.0947. The van der Waals surface area contributed by atoms with Gasteiger partial charge in [-0.3, -0.25) is 9.69 Å². The Labute approximate surface area is 192 Å². The summed E-state index contributed by atoms with van der Waals surface area (Å²) < 4.78 is 24.0. The van der Waals surface area contributed by atoms with Crippen LogP contribution in [0.15, 0.2) is 34.8 Å². The van der Waals surface area contributed by atoms with Crippen LogP contribution in [-0.2, 0) is 13.0 Å². The SMILES string of the molecule is COc1cc2c(cc1C)CN(CCCCNC(=O)c1cc(Br)ccc1OCC[18F])CC2. The Bertz CT molecular complexity index is 907. The Hall–Kier alpha value is -2.12. The second kappa shape index (κ2) is 11.5. The van der Waals surface area contributed by atoms with Gasteiger partial charge in [0.25, 0.3) is 5.91 Å². The molecular formula is C24H30BrFN2O3. The number of benzene rings is 2. The molecule has 31 heavy (non-hydrogen) atoms. The van der Waals surface area contributed by atoms with Crippen LogP contribution in [0.1, 0.15) is 39.9 Å². The number of nitrogens with zero attached hydrogens (tertiary/aromatic N) is 1. The van der Waals surface area contributed by atoms with E-state index in [1.807, 2.05) is 0 Å². The molecule has 5 nitrogen and oxygen atoms in total. The highest BCUT2D eigenvalue weighted by Gasteiger charge is 2.18. The summed E-state index contributed by atoms with van der Waals surface area (Å²) in [5.41, 5.74) is 4.36. The molecule has 1 aliphatic heterocycles. The molecule has 0 atom stereocenters. The molecule has 0 bridgehead atoms. The lowest BCUT2D eigenvalue weighted by Crippen LogP contribution is -2.32. The van der Waals surface area contributed by atoms with Gasteiger partial charge in [-0.05, 0) is 73.7 Å². The topological polar surface area (TPSA) is 50.8 Å². The van der Waals surface area contributed by atoms with Gasteiger partial charge < -0.3 is 14.8 Å². The van der Waals surface area contributed by atoms with Crippen molar-refractivity contribution in [3.05, 3.63) is 57.1 Å². The molecule has 1 amide bonds. The normalized spacial score (nSPS) is 13.5. The Morgan fingerprint density at radius 3 is 2.81 bits per heavy atom. The number of ether oxygens (including phenoxy) is 2. The van der Waals surface area contributed by atoms with E-state index in [4.69, 9.17) is 9.47 Å². The van der Waals surface area contributed by atoms with Crippen LogP contribution in [-0.4, -0.2) is 50.8 Å². The van der Waals surface area contributed by atoms with E-state index in [-0.39, 0.29) is 12.5 Å². The molecule has 7 heteroatoms. The molecular weight excluding hydrogens is 462 g/mol. The number of fused-ring (bicyclic) bond motifs is 1. The molecule has 0 unspecified atom stereocenters. The lowest BCUT2D eigenvalue weighted by atomic mass is 9.97. The first-order valence-corrected chi connectivity index (χ1v) is 11.5. The van der Waals surface area contributed by atoms with Gasteiger partial charge in [0.2, 0.25) is 0 Å². The molecule has 0 radical (unpaired) electrons. The van der Waals surface area contributed by atoms with E-state index < -0.39 is 6.67 Å². The Kier molecular flexibility index (Phi) is 8.72. The molecule has 1 aliphatic rings. The van der Waals surface area contributed by atoms with E-state index in [1.165, 1.54) is 16.7 Å². The standard InChI is InChI=1S/C24H30BrFN2O3/c1-17-13-19-16-28(11-7-18(19)14-23(17)30-2)10-4-3-9-27-24(29)21-15-20(25)5-6-22(21)31-12-8-26/h5-6,13-15H,3-4,7-12,16H2,1-2H3,(H,27,29)/i26-1. The van der Waals surface area contributed by atoms with Crippen molar-refractivity contribution in [3.8, 4) is 11.5 Å². The van der Waals surface area contributed by atoms with Crippen LogP contribution >= 0.6 is 15.9 Å². The van der Waals surface area contributed by atoms with Gasteiger partial charge in [0.05, 0.1) is 12.7 Å². The number of unbranched alkanes of at least 4 members (excludes halogenated alkanes) is 1. The number of halogens is 2. The van der Waals surface area contributed by atoms with Gasteiger partial charge in [0.15, 0.2) is 0 Å². The average Bonchev–Trinajstić information content (AvgIpc) is 2.77. The fourth-order valence-electron chi connectivity index (χ4n) is 3.89. The number of carbonyl (C=O) groups is 1. The largest absolute Gasteiger partial charge is 0.496 e. The van der Waals surface area contributed by atoms with E-state index in [2.05, 4.69) is 45.2 Å². The molecule has 2 aromatic carbocycles. The fourth-order valence-corrected chi connectivity index (χ4v) is 4.25. The minimum Gasteiger partial charge on any atom is -0.496 e. The number of hydrogen-bond acceptors (Lipinski definition) is 4. The molecule has 0 spiro atoms. The number of methoxy groups -OCH3 is 1. The molecule has 0 fully saturated rings. The van der Waals surface area contributed by atoms with E-state index in [0.717, 1.165) is 49.1 Å². The van der Waals surface area contributed by atoms with Crippen LogP contribution < -0.4 is 14.8 Å². The Morgan fingerprint density at radius 2 is 2.03 bits per heavy atom. The number of hydrogen-bond donors (Lipinski definition) is 1. The summed E-state index contributed by atoms with van der Waals surface area (Å²) in [6.07, 6.45) is 2.94. The van der Waals surface area contributed by atoms with Crippen molar-refractivity contribution in [3.63, 3.8) is 0 Å². The molecule has 0 aliphatic carbocycles. The Balaban J connectivity index is 1.43. The summed E-state index contributed by atoms with van der Waals surface area (Å²) in [5, 5.41) is 2.95. The minimum absolute atomic E-state index is 0.0623.